The van der Waals surface area contributed by atoms with Gasteiger partial charge in [-0.05, 0) is 18.6 Å². The summed E-state index contributed by atoms with van der Waals surface area (Å²) in [6, 6.07) is 0. The summed E-state index contributed by atoms with van der Waals surface area (Å²) in [6.07, 6.45) is 3.86. The third kappa shape index (κ3) is 4.21. The van der Waals surface area contributed by atoms with Gasteiger partial charge in [0.25, 0.3) is 0 Å². The molecule has 19 heavy (non-hydrogen) atoms. The molecular formula is C12H16N2O3S2. The minimum Gasteiger partial charge on any atom is -0.476 e. The molecule has 2 N–H and O–H groups in total. The lowest BCUT2D eigenvalue weighted by Crippen LogP contribution is -2.35. The lowest BCUT2D eigenvalue weighted by Gasteiger charge is -2.20. The Labute approximate surface area is 119 Å². The van der Waals surface area contributed by atoms with Crippen LogP contribution in [0.5, 0.6) is 0 Å². The third-order valence-corrected chi connectivity index (χ3v) is 5.17. The van der Waals surface area contributed by atoms with Gasteiger partial charge in [0, 0.05) is 18.3 Å². The normalized spacial score (nSPS) is 19.1. The number of thioether (sulfide) groups is 1. The lowest BCUT2D eigenvalue weighted by molar-refractivity contribution is -0.120. The third-order valence-electron chi connectivity index (χ3n) is 2.88. The van der Waals surface area contributed by atoms with Crippen molar-refractivity contribution < 1.29 is 14.7 Å². The number of rotatable bonds is 5. The minimum absolute atomic E-state index is 0.0779. The van der Waals surface area contributed by atoms with Gasteiger partial charge in [0.2, 0.25) is 5.91 Å². The summed E-state index contributed by atoms with van der Waals surface area (Å²) in [5.74, 6) is 0.150. The number of aromatic nitrogens is 1. The molecule has 1 atom stereocenters. The second kappa shape index (κ2) is 6.91. The van der Waals surface area contributed by atoms with E-state index < -0.39 is 5.97 Å². The number of amides is 1. The second-order valence-electron chi connectivity index (χ2n) is 4.33. The first-order valence-electron chi connectivity index (χ1n) is 6.24. The van der Waals surface area contributed by atoms with Crippen LogP contribution in [0.4, 0.5) is 0 Å². The maximum absolute atomic E-state index is 11.9. The summed E-state index contributed by atoms with van der Waals surface area (Å²) in [5.41, 5.74) is 0.0779. The van der Waals surface area contributed by atoms with Crippen LogP contribution in [0.2, 0.25) is 0 Å². The standard InChI is InChI=1S/C12H16N2O3S2/c15-11(9-3-1-2-6-18-9)13-5-4-10-14-8(7-19-10)12(16)17/h7,9H,1-6H2,(H,13,15)(H,16,17). The average molecular weight is 300 g/mol. The van der Waals surface area contributed by atoms with E-state index in [9.17, 15) is 9.59 Å². The molecular weight excluding hydrogens is 284 g/mol. The average Bonchev–Trinajstić information content (AvgIpc) is 2.89. The largest absolute Gasteiger partial charge is 0.476 e. The molecule has 1 aromatic rings. The number of nitrogens with zero attached hydrogens (tertiary/aromatic N) is 1. The second-order valence-corrected chi connectivity index (χ2v) is 6.58. The smallest absolute Gasteiger partial charge is 0.355 e. The number of hydrogen-bond donors (Lipinski definition) is 2. The first-order valence-corrected chi connectivity index (χ1v) is 8.16. The van der Waals surface area contributed by atoms with Crippen molar-refractivity contribution in [2.75, 3.05) is 12.3 Å². The van der Waals surface area contributed by atoms with E-state index in [0.717, 1.165) is 23.6 Å². The number of carbonyl (C=O) groups is 2. The summed E-state index contributed by atoms with van der Waals surface area (Å²) in [6.45, 7) is 0.516. The Balaban J connectivity index is 1.73. The van der Waals surface area contributed by atoms with E-state index in [2.05, 4.69) is 10.3 Å². The van der Waals surface area contributed by atoms with Crippen molar-refractivity contribution in [3.8, 4) is 0 Å². The van der Waals surface area contributed by atoms with Gasteiger partial charge < -0.3 is 10.4 Å². The Bertz CT molecular complexity index is 456. The number of thiazole rings is 1. The highest BCUT2D eigenvalue weighted by atomic mass is 32.2. The molecule has 0 bridgehead atoms. The van der Waals surface area contributed by atoms with Gasteiger partial charge in [0.05, 0.1) is 10.3 Å². The van der Waals surface area contributed by atoms with Gasteiger partial charge in [-0.1, -0.05) is 6.42 Å². The van der Waals surface area contributed by atoms with Gasteiger partial charge in [-0.3, -0.25) is 4.79 Å². The quantitative estimate of drug-likeness (QED) is 0.866. The molecule has 7 heteroatoms. The molecule has 1 aromatic heterocycles. The van der Waals surface area contributed by atoms with Gasteiger partial charge in [-0.2, -0.15) is 0 Å². The van der Waals surface area contributed by atoms with E-state index in [-0.39, 0.29) is 16.9 Å². The molecule has 0 saturated carbocycles. The zero-order valence-electron chi connectivity index (χ0n) is 10.4. The van der Waals surface area contributed by atoms with Crippen LogP contribution in [0, 0.1) is 0 Å². The highest BCUT2D eigenvalue weighted by molar-refractivity contribution is 8.00. The van der Waals surface area contributed by atoms with Crippen LogP contribution in [-0.4, -0.2) is 39.5 Å². The van der Waals surface area contributed by atoms with Crippen molar-refractivity contribution in [2.24, 2.45) is 0 Å². The summed E-state index contributed by atoms with van der Waals surface area (Å²) < 4.78 is 0. The van der Waals surface area contributed by atoms with Crippen LogP contribution in [0.25, 0.3) is 0 Å². The Morgan fingerprint density at radius 2 is 2.32 bits per heavy atom. The monoisotopic (exact) mass is 300 g/mol. The fourth-order valence-corrected chi connectivity index (χ4v) is 3.87. The Hall–Kier alpha value is -1.08. The fourth-order valence-electron chi connectivity index (χ4n) is 1.88. The van der Waals surface area contributed by atoms with Crippen molar-refractivity contribution in [3.63, 3.8) is 0 Å². The highest BCUT2D eigenvalue weighted by Gasteiger charge is 2.21. The molecule has 104 valence electrons. The Morgan fingerprint density at radius 1 is 1.47 bits per heavy atom. The van der Waals surface area contributed by atoms with E-state index in [1.807, 2.05) is 0 Å². The fraction of sp³-hybridized carbons (Fsp3) is 0.583. The molecule has 1 unspecified atom stereocenters. The van der Waals surface area contributed by atoms with Crippen molar-refractivity contribution in [3.05, 3.63) is 16.1 Å². The molecule has 1 aliphatic rings. The van der Waals surface area contributed by atoms with E-state index in [4.69, 9.17) is 5.11 Å². The lowest BCUT2D eigenvalue weighted by atomic mass is 10.2. The molecule has 1 fully saturated rings. The molecule has 2 rings (SSSR count). The summed E-state index contributed by atoms with van der Waals surface area (Å²) in [4.78, 5) is 26.5. The first-order chi connectivity index (χ1) is 9.16. The van der Waals surface area contributed by atoms with Gasteiger partial charge >= 0.3 is 5.97 Å². The van der Waals surface area contributed by atoms with E-state index in [0.29, 0.717) is 13.0 Å². The number of nitrogens with one attached hydrogen (secondary N) is 1. The van der Waals surface area contributed by atoms with E-state index in [1.165, 1.54) is 23.1 Å². The number of hydrogen-bond acceptors (Lipinski definition) is 5. The SMILES string of the molecule is O=C(O)c1csc(CCNC(=O)C2CCCCS2)n1. The van der Waals surface area contributed by atoms with Gasteiger partial charge in [-0.25, -0.2) is 9.78 Å². The Kier molecular flexibility index (Phi) is 5.21. The maximum atomic E-state index is 11.9. The number of aromatic carboxylic acids is 1. The van der Waals surface area contributed by atoms with E-state index >= 15 is 0 Å². The topological polar surface area (TPSA) is 79.3 Å². The molecule has 1 amide bonds. The van der Waals surface area contributed by atoms with Crippen molar-refractivity contribution in [2.45, 2.75) is 30.9 Å². The van der Waals surface area contributed by atoms with Crippen LogP contribution in [-0.2, 0) is 11.2 Å². The predicted octanol–water partition coefficient (Wildman–Crippen LogP) is 1.79. The predicted molar refractivity (Wildman–Crippen MR) is 75.9 cm³/mol. The zero-order valence-corrected chi connectivity index (χ0v) is 12.1. The van der Waals surface area contributed by atoms with Crippen molar-refractivity contribution in [1.82, 2.24) is 10.3 Å². The molecule has 1 saturated heterocycles. The van der Waals surface area contributed by atoms with Crippen molar-refractivity contribution >= 4 is 35.0 Å². The van der Waals surface area contributed by atoms with Crippen LogP contribution in [0.1, 0.15) is 34.8 Å². The van der Waals surface area contributed by atoms with Crippen LogP contribution in [0.15, 0.2) is 5.38 Å². The van der Waals surface area contributed by atoms with Gasteiger partial charge in [-0.15, -0.1) is 23.1 Å². The number of carboxylic acid groups (broad SMARTS) is 1. The molecule has 1 aliphatic heterocycles. The molecule has 0 radical (unpaired) electrons. The van der Waals surface area contributed by atoms with Gasteiger partial charge in [0.15, 0.2) is 5.69 Å². The van der Waals surface area contributed by atoms with Crippen LogP contribution >= 0.6 is 23.1 Å². The Morgan fingerprint density at radius 3 is 2.95 bits per heavy atom. The molecule has 0 aromatic carbocycles. The highest BCUT2D eigenvalue weighted by Crippen LogP contribution is 2.24. The van der Waals surface area contributed by atoms with Crippen molar-refractivity contribution in [1.29, 1.82) is 0 Å². The minimum atomic E-state index is -1.01. The summed E-state index contributed by atoms with van der Waals surface area (Å²) >= 11 is 3.04. The molecule has 5 nitrogen and oxygen atoms in total. The molecule has 0 aliphatic carbocycles. The molecule has 2 heterocycles. The maximum Gasteiger partial charge on any atom is 0.355 e. The first kappa shape index (κ1) is 14.3. The van der Waals surface area contributed by atoms with Crippen LogP contribution < -0.4 is 5.32 Å². The zero-order chi connectivity index (χ0) is 13.7. The summed E-state index contributed by atoms with van der Waals surface area (Å²) in [7, 11) is 0. The summed E-state index contributed by atoms with van der Waals surface area (Å²) in [5, 5.41) is 14.0. The van der Waals surface area contributed by atoms with Gasteiger partial charge in [0.1, 0.15) is 0 Å². The van der Waals surface area contributed by atoms with Crippen LogP contribution in [0.3, 0.4) is 0 Å². The van der Waals surface area contributed by atoms with E-state index in [1.54, 1.807) is 11.8 Å². The molecule has 0 spiro atoms. The number of carbonyl (C=O) groups excluding carboxylic acids is 1. The number of carboxylic acids is 1.